The van der Waals surface area contributed by atoms with Gasteiger partial charge >= 0.3 is 0 Å². The first-order valence-corrected chi connectivity index (χ1v) is 8.74. The van der Waals surface area contributed by atoms with Crippen molar-refractivity contribution in [2.24, 2.45) is 4.99 Å². The number of para-hydroxylation sites is 1. The molecule has 0 amide bonds. The third kappa shape index (κ3) is 3.83. The van der Waals surface area contributed by atoms with Crippen molar-refractivity contribution in [1.82, 2.24) is 0 Å². The smallest absolute Gasteiger partial charge is 0.158 e. The van der Waals surface area contributed by atoms with Crippen LogP contribution in [0.25, 0.3) is 0 Å². The normalized spacial score (nSPS) is 18.2. The number of ether oxygens (including phenoxy) is 2. The lowest BCUT2D eigenvalue weighted by molar-refractivity contribution is -0.121. The molecule has 3 nitrogen and oxygen atoms in total. The summed E-state index contributed by atoms with van der Waals surface area (Å²) in [5, 5.41) is 0.212. The Morgan fingerprint density at radius 2 is 1.83 bits per heavy atom. The molecule has 4 heteroatoms. The number of hydrogen-bond acceptors (Lipinski definition) is 4. The Balaban J connectivity index is 1.94. The molecule has 0 fully saturated rings. The Labute approximate surface area is 141 Å². The molecule has 0 N–H and O–H groups in total. The molecule has 0 aliphatic carbocycles. The summed E-state index contributed by atoms with van der Waals surface area (Å²) in [6, 6.07) is 18.6. The molecule has 1 aliphatic rings. The third-order valence-corrected chi connectivity index (χ3v) is 5.07. The minimum atomic E-state index is -0.211. The molecule has 0 bridgehead atoms. The number of nitrogens with zero attached hydrogens (tertiary/aromatic N) is 1. The zero-order chi connectivity index (χ0) is 16.1. The summed E-state index contributed by atoms with van der Waals surface area (Å²) in [7, 11) is 1.70. The van der Waals surface area contributed by atoms with E-state index in [2.05, 4.69) is 42.5 Å². The molecule has 3 rings (SSSR count). The van der Waals surface area contributed by atoms with E-state index < -0.39 is 0 Å². The summed E-state index contributed by atoms with van der Waals surface area (Å²) >= 11 is 1.84. The third-order valence-electron chi connectivity index (χ3n) is 3.77. The molecular weight excluding hydrogens is 306 g/mol. The van der Waals surface area contributed by atoms with Crippen molar-refractivity contribution in [2.45, 2.75) is 29.8 Å². The SMILES string of the molecule is CCOC(CC1Sc2ccccc2N=C1c1ccccc1)OC. The number of aliphatic imine (C=N–C) groups is 1. The molecule has 0 saturated carbocycles. The molecular formula is C19H21NO2S. The van der Waals surface area contributed by atoms with E-state index in [-0.39, 0.29) is 11.5 Å². The van der Waals surface area contributed by atoms with Gasteiger partial charge in [-0.25, -0.2) is 0 Å². The van der Waals surface area contributed by atoms with Crippen LogP contribution < -0.4 is 0 Å². The summed E-state index contributed by atoms with van der Waals surface area (Å²) in [5.74, 6) is 0. The molecule has 1 heterocycles. The number of rotatable bonds is 6. The van der Waals surface area contributed by atoms with Gasteiger partial charge in [0.15, 0.2) is 6.29 Å². The number of fused-ring (bicyclic) bond motifs is 1. The van der Waals surface area contributed by atoms with Gasteiger partial charge in [-0.1, -0.05) is 42.5 Å². The van der Waals surface area contributed by atoms with E-state index in [1.807, 2.05) is 30.8 Å². The molecule has 2 aromatic carbocycles. The molecule has 1 aliphatic heterocycles. The maximum absolute atomic E-state index is 5.68. The van der Waals surface area contributed by atoms with Crippen LogP contribution in [0.4, 0.5) is 5.69 Å². The van der Waals surface area contributed by atoms with Gasteiger partial charge in [0.05, 0.1) is 16.6 Å². The lowest BCUT2D eigenvalue weighted by Crippen LogP contribution is -2.28. The average Bonchev–Trinajstić information content (AvgIpc) is 2.61. The van der Waals surface area contributed by atoms with Crippen molar-refractivity contribution in [3.8, 4) is 0 Å². The first-order chi connectivity index (χ1) is 11.3. The van der Waals surface area contributed by atoms with Crippen LogP contribution in [-0.4, -0.2) is 31.0 Å². The van der Waals surface area contributed by atoms with Crippen molar-refractivity contribution in [3.05, 3.63) is 60.2 Å². The lowest BCUT2D eigenvalue weighted by atomic mass is 10.0. The predicted molar refractivity (Wildman–Crippen MR) is 95.8 cm³/mol. The van der Waals surface area contributed by atoms with Crippen molar-refractivity contribution in [1.29, 1.82) is 0 Å². The Morgan fingerprint density at radius 1 is 1.09 bits per heavy atom. The van der Waals surface area contributed by atoms with Gasteiger partial charge in [-0.15, -0.1) is 11.8 Å². The first-order valence-electron chi connectivity index (χ1n) is 7.86. The summed E-state index contributed by atoms with van der Waals surface area (Å²) in [4.78, 5) is 6.14. The summed E-state index contributed by atoms with van der Waals surface area (Å²) in [6.45, 7) is 2.63. The molecule has 120 valence electrons. The van der Waals surface area contributed by atoms with E-state index in [0.717, 1.165) is 23.4 Å². The largest absolute Gasteiger partial charge is 0.356 e. The van der Waals surface area contributed by atoms with E-state index in [1.54, 1.807) is 7.11 Å². The second-order valence-electron chi connectivity index (χ2n) is 5.29. The van der Waals surface area contributed by atoms with Crippen molar-refractivity contribution in [2.75, 3.05) is 13.7 Å². The first kappa shape index (κ1) is 16.2. The van der Waals surface area contributed by atoms with Gasteiger partial charge in [-0.05, 0) is 24.6 Å². The number of methoxy groups -OCH3 is 1. The maximum atomic E-state index is 5.68. The van der Waals surface area contributed by atoms with Crippen LogP contribution in [-0.2, 0) is 9.47 Å². The van der Waals surface area contributed by atoms with E-state index >= 15 is 0 Å². The van der Waals surface area contributed by atoms with Crippen LogP contribution in [0.2, 0.25) is 0 Å². The minimum Gasteiger partial charge on any atom is -0.356 e. The van der Waals surface area contributed by atoms with Crippen LogP contribution in [0, 0.1) is 0 Å². The minimum absolute atomic E-state index is 0.211. The Hall–Kier alpha value is -1.62. The van der Waals surface area contributed by atoms with Gasteiger partial charge < -0.3 is 9.47 Å². The molecule has 0 spiro atoms. The number of benzene rings is 2. The van der Waals surface area contributed by atoms with Gasteiger partial charge in [-0.3, -0.25) is 4.99 Å². The highest BCUT2D eigenvalue weighted by molar-refractivity contribution is 8.01. The van der Waals surface area contributed by atoms with Crippen LogP contribution in [0.1, 0.15) is 18.9 Å². The highest BCUT2D eigenvalue weighted by Gasteiger charge is 2.28. The topological polar surface area (TPSA) is 30.8 Å². The Bertz CT molecular complexity index is 672. The van der Waals surface area contributed by atoms with Crippen LogP contribution in [0.5, 0.6) is 0 Å². The Kier molecular flexibility index (Phi) is 5.49. The summed E-state index contributed by atoms with van der Waals surface area (Å²) < 4.78 is 11.2. The maximum Gasteiger partial charge on any atom is 0.158 e. The number of thioether (sulfide) groups is 1. The average molecular weight is 327 g/mol. The van der Waals surface area contributed by atoms with Crippen LogP contribution in [0.3, 0.4) is 0 Å². The molecule has 2 aromatic rings. The van der Waals surface area contributed by atoms with Gasteiger partial charge in [-0.2, -0.15) is 0 Å². The fraction of sp³-hybridized carbons (Fsp3) is 0.316. The second-order valence-corrected chi connectivity index (χ2v) is 6.54. The van der Waals surface area contributed by atoms with E-state index in [4.69, 9.17) is 14.5 Å². The fourth-order valence-electron chi connectivity index (χ4n) is 2.67. The van der Waals surface area contributed by atoms with E-state index in [9.17, 15) is 0 Å². The van der Waals surface area contributed by atoms with Crippen molar-refractivity contribution >= 4 is 23.2 Å². The molecule has 0 aromatic heterocycles. The molecule has 0 radical (unpaired) electrons. The quantitative estimate of drug-likeness (QED) is 0.722. The second kappa shape index (κ2) is 7.77. The van der Waals surface area contributed by atoms with Crippen molar-refractivity contribution < 1.29 is 9.47 Å². The molecule has 23 heavy (non-hydrogen) atoms. The molecule has 2 unspecified atom stereocenters. The standard InChI is InChI=1S/C19H21NO2S/c1-3-22-18(21-2)13-17-19(14-9-5-4-6-10-14)20-15-11-7-8-12-16(15)23-17/h4-12,17-18H,3,13H2,1-2H3. The highest BCUT2D eigenvalue weighted by atomic mass is 32.2. The van der Waals surface area contributed by atoms with Gasteiger partial charge in [0.1, 0.15) is 0 Å². The zero-order valence-electron chi connectivity index (χ0n) is 13.4. The summed E-state index contributed by atoms with van der Waals surface area (Å²) in [5.41, 5.74) is 3.29. The molecule has 2 atom stereocenters. The van der Waals surface area contributed by atoms with Gasteiger partial charge in [0, 0.05) is 25.0 Å². The summed E-state index contributed by atoms with van der Waals surface area (Å²) in [6.07, 6.45) is 0.563. The Morgan fingerprint density at radius 3 is 2.57 bits per heavy atom. The van der Waals surface area contributed by atoms with Crippen LogP contribution >= 0.6 is 11.8 Å². The predicted octanol–water partition coefficient (Wildman–Crippen LogP) is 4.68. The highest BCUT2D eigenvalue weighted by Crippen LogP contribution is 2.40. The molecule has 0 saturated heterocycles. The number of hydrogen-bond donors (Lipinski definition) is 0. The van der Waals surface area contributed by atoms with Gasteiger partial charge in [0.25, 0.3) is 0 Å². The van der Waals surface area contributed by atoms with Gasteiger partial charge in [0.2, 0.25) is 0 Å². The van der Waals surface area contributed by atoms with E-state index in [0.29, 0.717) is 6.61 Å². The zero-order valence-corrected chi connectivity index (χ0v) is 14.3. The van der Waals surface area contributed by atoms with E-state index in [1.165, 1.54) is 4.90 Å². The monoisotopic (exact) mass is 327 g/mol. The van der Waals surface area contributed by atoms with Crippen LogP contribution in [0.15, 0.2) is 64.5 Å². The fourth-order valence-corrected chi connectivity index (χ4v) is 3.92. The lowest BCUT2D eigenvalue weighted by Gasteiger charge is -2.27. The van der Waals surface area contributed by atoms with Crippen molar-refractivity contribution in [3.63, 3.8) is 0 Å².